The fourth-order valence-electron chi connectivity index (χ4n) is 4.07. The number of ether oxygens (including phenoxy) is 1. The molecule has 9 heteroatoms. The number of halogens is 1. The number of nitrogens with one attached hydrogen (secondary N) is 1. The zero-order chi connectivity index (χ0) is 22.8. The lowest BCUT2D eigenvalue weighted by atomic mass is 9.98. The molecule has 2 aliphatic rings. The first-order chi connectivity index (χ1) is 15.3. The van der Waals surface area contributed by atoms with Gasteiger partial charge >= 0.3 is 0 Å². The summed E-state index contributed by atoms with van der Waals surface area (Å²) in [6.45, 7) is 5.50. The molecule has 1 aromatic heterocycles. The fraction of sp³-hybridized carbons (Fsp3) is 0.478. The van der Waals surface area contributed by atoms with E-state index in [1.165, 1.54) is 6.92 Å². The Morgan fingerprint density at radius 3 is 2.78 bits per heavy atom. The first-order valence-corrected chi connectivity index (χ1v) is 11.3. The van der Waals surface area contributed by atoms with E-state index in [9.17, 15) is 9.59 Å². The number of Topliss-reactive ketones (excluding diaryl/α,β-unsaturated/α-hetero) is 1. The number of likely N-dealkylation sites (N-methyl/N-ethyl adjacent to an activating group) is 1. The normalized spacial score (nSPS) is 19.1. The number of amides is 1. The molecule has 32 heavy (non-hydrogen) atoms. The molecule has 1 saturated heterocycles. The summed E-state index contributed by atoms with van der Waals surface area (Å²) < 4.78 is 5.54. The van der Waals surface area contributed by atoms with Crippen molar-refractivity contribution in [3.63, 3.8) is 0 Å². The summed E-state index contributed by atoms with van der Waals surface area (Å²) in [5, 5.41) is 3.73. The van der Waals surface area contributed by atoms with Gasteiger partial charge in [-0.25, -0.2) is 4.98 Å². The number of piperidine rings is 1. The topological polar surface area (TPSA) is 87.7 Å². The Kier molecular flexibility index (Phi) is 6.62. The SMILES string of the molecule is CC(=O)COC1Cc2cc(Nc3nc(N4CCC(C)CC4)ncc3Cl)ccc2N(C)C1=O. The van der Waals surface area contributed by atoms with Crippen LogP contribution >= 0.6 is 11.6 Å². The third-order valence-electron chi connectivity index (χ3n) is 6.00. The Morgan fingerprint density at radius 1 is 1.31 bits per heavy atom. The molecule has 2 aliphatic heterocycles. The lowest BCUT2D eigenvalue weighted by Gasteiger charge is -2.31. The van der Waals surface area contributed by atoms with E-state index in [2.05, 4.69) is 27.1 Å². The molecule has 0 spiro atoms. The molecule has 1 N–H and O–H groups in total. The van der Waals surface area contributed by atoms with Gasteiger partial charge in [-0.3, -0.25) is 9.59 Å². The van der Waals surface area contributed by atoms with E-state index >= 15 is 0 Å². The molecule has 0 saturated carbocycles. The van der Waals surface area contributed by atoms with Gasteiger partial charge in [-0.1, -0.05) is 18.5 Å². The van der Waals surface area contributed by atoms with Crippen LogP contribution in [0.3, 0.4) is 0 Å². The van der Waals surface area contributed by atoms with Gasteiger partial charge in [0.05, 0.1) is 6.20 Å². The van der Waals surface area contributed by atoms with Gasteiger partial charge < -0.3 is 19.9 Å². The van der Waals surface area contributed by atoms with Crippen molar-refractivity contribution in [3.05, 3.63) is 35.0 Å². The Balaban J connectivity index is 1.53. The molecule has 1 aromatic carbocycles. The number of carbonyl (C=O) groups excluding carboxylic acids is 2. The van der Waals surface area contributed by atoms with Crippen molar-refractivity contribution in [1.82, 2.24) is 9.97 Å². The molecular formula is C23H28ClN5O3. The van der Waals surface area contributed by atoms with Crippen molar-refractivity contribution in [1.29, 1.82) is 0 Å². The van der Waals surface area contributed by atoms with Crippen LogP contribution in [0.4, 0.5) is 23.1 Å². The summed E-state index contributed by atoms with van der Waals surface area (Å²) in [4.78, 5) is 36.7. The minimum Gasteiger partial charge on any atom is -0.360 e. The smallest absolute Gasteiger partial charge is 0.256 e. The summed E-state index contributed by atoms with van der Waals surface area (Å²) in [6.07, 6.45) is 3.59. The van der Waals surface area contributed by atoms with Gasteiger partial charge in [-0.05, 0) is 49.4 Å². The predicted octanol–water partition coefficient (Wildman–Crippen LogP) is 3.60. The summed E-state index contributed by atoms with van der Waals surface area (Å²) in [5.74, 6) is 1.67. The van der Waals surface area contributed by atoms with Gasteiger partial charge in [-0.2, -0.15) is 4.98 Å². The number of benzene rings is 1. The van der Waals surface area contributed by atoms with Crippen molar-refractivity contribution >= 4 is 46.4 Å². The molecule has 0 radical (unpaired) electrons. The summed E-state index contributed by atoms with van der Waals surface area (Å²) in [5.41, 5.74) is 2.57. The Morgan fingerprint density at radius 2 is 2.06 bits per heavy atom. The zero-order valence-electron chi connectivity index (χ0n) is 18.6. The molecule has 3 heterocycles. The van der Waals surface area contributed by atoms with Gasteiger partial charge in [0.2, 0.25) is 5.95 Å². The third kappa shape index (κ3) is 4.86. The molecule has 1 amide bonds. The van der Waals surface area contributed by atoms with Crippen LogP contribution in [0, 0.1) is 5.92 Å². The second-order valence-electron chi connectivity index (χ2n) is 8.61. The first kappa shape index (κ1) is 22.5. The number of hydrogen-bond acceptors (Lipinski definition) is 7. The maximum Gasteiger partial charge on any atom is 0.256 e. The highest BCUT2D eigenvalue weighted by Gasteiger charge is 2.31. The van der Waals surface area contributed by atoms with Crippen molar-refractivity contribution in [3.8, 4) is 0 Å². The van der Waals surface area contributed by atoms with Gasteiger partial charge in [0.1, 0.15) is 17.7 Å². The highest BCUT2D eigenvalue weighted by Crippen LogP contribution is 2.33. The maximum atomic E-state index is 12.6. The Labute approximate surface area is 192 Å². The van der Waals surface area contributed by atoms with E-state index in [0.717, 1.165) is 48.8 Å². The molecule has 1 fully saturated rings. The molecule has 0 aliphatic carbocycles. The molecule has 1 unspecified atom stereocenters. The minimum absolute atomic E-state index is 0.0773. The fourth-order valence-corrected chi connectivity index (χ4v) is 4.21. The van der Waals surface area contributed by atoms with Gasteiger partial charge in [0.25, 0.3) is 5.91 Å². The molecule has 1 atom stereocenters. The van der Waals surface area contributed by atoms with E-state index < -0.39 is 6.10 Å². The molecule has 0 bridgehead atoms. The summed E-state index contributed by atoms with van der Waals surface area (Å²) in [7, 11) is 1.71. The molecular weight excluding hydrogens is 430 g/mol. The van der Waals surface area contributed by atoms with E-state index in [1.807, 2.05) is 18.2 Å². The van der Waals surface area contributed by atoms with Gasteiger partial charge in [0.15, 0.2) is 11.6 Å². The number of ketones is 1. The number of carbonyl (C=O) groups is 2. The molecule has 8 nitrogen and oxygen atoms in total. The Bertz CT molecular complexity index is 1020. The van der Waals surface area contributed by atoms with Crippen LogP contribution in [0.5, 0.6) is 0 Å². The van der Waals surface area contributed by atoms with E-state index in [4.69, 9.17) is 16.3 Å². The number of anilines is 4. The number of rotatable bonds is 6. The van der Waals surface area contributed by atoms with Crippen LogP contribution in [-0.2, 0) is 20.7 Å². The van der Waals surface area contributed by atoms with Gasteiger partial charge in [0, 0.05) is 37.9 Å². The maximum absolute atomic E-state index is 12.6. The van der Waals surface area contributed by atoms with Crippen molar-refractivity contribution in [2.45, 2.75) is 39.2 Å². The second kappa shape index (κ2) is 9.42. The van der Waals surface area contributed by atoms with Crippen LogP contribution in [-0.4, -0.2) is 54.5 Å². The Hall–Kier alpha value is -2.71. The van der Waals surface area contributed by atoms with Crippen molar-refractivity contribution in [2.24, 2.45) is 5.92 Å². The van der Waals surface area contributed by atoms with Crippen LogP contribution in [0.15, 0.2) is 24.4 Å². The average Bonchev–Trinajstić information content (AvgIpc) is 2.77. The lowest BCUT2D eigenvalue weighted by molar-refractivity contribution is -0.134. The third-order valence-corrected chi connectivity index (χ3v) is 6.28. The number of fused-ring (bicyclic) bond motifs is 1. The number of hydrogen-bond donors (Lipinski definition) is 1. The van der Waals surface area contributed by atoms with Crippen LogP contribution < -0.4 is 15.1 Å². The van der Waals surface area contributed by atoms with E-state index in [-0.39, 0.29) is 18.3 Å². The van der Waals surface area contributed by atoms with Gasteiger partial charge in [-0.15, -0.1) is 0 Å². The van der Waals surface area contributed by atoms with Crippen molar-refractivity contribution < 1.29 is 14.3 Å². The molecule has 170 valence electrons. The summed E-state index contributed by atoms with van der Waals surface area (Å²) in [6, 6.07) is 5.74. The molecule has 2 aromatic rings. The largest absolute Gasteiger partial charge is 0.360 e. The highest BCUT2D eigenvalue weighted by atomic mass is 35.5. The molecule has 4 rings (SSSR count). The average molecular weight is 458 g/mol. The van der Waals surface area contributed by atoms with Crippen LogP contribution in [0.2, 0.25) is 5.02 Å². The summed E-state index contributed by atoms with van der Waals surface area (Å²) >= 11 is 6.38. The first-order valence-electron chi connectivity index (χ1n) is 10.9. The number of nitrogens with zero attached hydrogens (tertiary/aromatic N) is 4. The zero-order valence-corrected chi connectivity index (χ0v) is 19.4. The predicted molar refractivity (Wildman–Crippen MR) is 125 cm³/mol. The van der Waals surface area contributed by atoms with Crippen LogP contribution in [0.1, 0.15) is 32.3 Å². The highest BCUT2D eigenvalue weighted by molar-refractivity contribution is 6.32. The number of aromatic nitrogens is 2. The lowest BCUT2D eigenvalue weighted by Crippen LogP contribution is -2.44. The van der Waals surface area contributed by atoms with Crippen LogP contribution in [0.25, 0.3) is 0 Å². The minimum atomic E-state index is -0.678. The standard InChI is InChI=1S/C23H28ClN5O3/c1-14-6-8-29(9-7-14)23-25-12-18(24)21(27-23)26-17-4-5-19-16(10-17)11-20(22(31)28(19)3)32-13-15(2)30/h4-5,10,12,14,20H,6-9,11,13H2,1-3H3,(H,25,26,27). The monoisotopic (exact) mass is 457 g/mol. The van der Waals surface area contributed by atoms with Crippen molar-refractivity contribution in [2.75, 3.05) is 41.9 Å². The second-order valence-corrected chi connectivity index (χ2v) is 9.01. The quantitative estimate of drug-likeness (QED) is 0.708. The van der Waals surface area contributed by atoms with E-state index in [0.29, 0.717) is 23.2 Å². The van der Waals surface area contributed by atoms with E-state index in [1.54, 1.807) is 18.1 Å².